The fraction of sp³-hybridized carbons (Fsp3) is 0.750. The molecule has 0 aliphatic rings. The summed E-state index contributed by atoms with van der Waals surface area (Å²) >= 11 is 0. The van der Waals surface area contributed by atoms with Crippen LogP contribution in [0.15, 0.2) is 12.2 Å². The lowest BCUT2D eigenvalue weighted by atomic mass is 10.4. The number of aliphatic carboxylic acids is 1. The fourth-order valence-electron chi connectivity index (χ4n) is 0.979. The van der Waals surface area contributed by atoms with Crippen LogP contribution in [0.25, 0.3) is 0 Å². The smallest absolute Gasteiger partial charge is 0.330 e. The summed E-state index contributed by atoms with van der Waals surface area (Å²) in [7, 11) is -3.02. The molecule has 0 aromatic carbocycles. The molecule has 0 heterocycles. The third-order valence-corrected chi connectivity index (χ3v) is 5.28. The van der Waals surface area contributed by atoms with Gasteiger partial charge in [-0.15, -0.1) is 0 Å². The summed E-state index contributed by atoms with van der Waals surface area (Å²) in [5, 5.41) is 7.89. The largest absolute Gasteiger partial charge is 0.478 e. The van der Waals surface area contributed by atoms with Crippen LogP contribution < -0.4 is 0 Å². The summed E-state index contributed by atoms with van der Waals surface area (Å²) in [6.07, 6.45) is 0. The van der Waals surface area contributed by atoms with Gasteiger partial charge in [-0.1, -0.05) is 13.1 Å². The van der Waals surface area contributed by atoms with Gasteiger partial charge in [0.2, 0.25) is 0 Å². The monoisotopic (exact) mass is 322 g/mol. The van der Waals surface area contributed by atoms with Gasteiger partial charge in [-0.2, -0.15) is 0 Å². The van der Waals surface area contributed by atoms with Gasteiger partial charge in [-0.25, -0.2) is 4.79 Å². The minimum atomic E-state index is -1.41. The molecule has 0 saturated heterocycles. The molecule has 0 rings (SSSR count). The number of carboxylic acid groups (broad SMARTS) is 1. The van der Waals surface area contributed by atoms with Gasteiger partial charge in [0, 0.05) is 5.57 Å². The highest BCUT2D eigenvalue weighted by Crippen LogP contribution is 2.13. The standard InChI is InChI=1S/C8H24O2Si3.C4H6O2/c1-11-8(9-12(2,3)4)10-13(5,6)7;1-3(2)4(5)6/h8H,11H2,1-7H3;1H2,2H3,(H,5,6). The first-order valence-electron chi connectivity index (χ1n) is 6.53. The van der Waals surface area contributed by atoms with Gasteiger partial charge in [0.15, 0.2) is 16.6 Å². The lowest BCUT2D eigenvalue weighted by molar-refractivity contribution is -0.132. The lowest BCUT2D eigenvalue weighted by Crippen LogP contribution is -2.42. The predicted molar refractivity (Wildman–Crippen MR) is 89.5 cm³/mol. The third-order valence-electron chi connectivity index (χ3n) is 1.67. The fourth-order valence-corrected chi connectivity index (χ4v) is 7.08. The number of hydrogen-bond acceptors (Lipinski definition) is 3. The molecule has 4 nitrogen and oxygen atoms in total. The molecule has 0 atom stereocenters. The van der Waals surface area contributed by atoms with E-state index in [2.05, 4.69) is 52.4 Å². The lowest BCUT2D eigenvalue weighted by Gasteiger charge is -2.30. The first kappa shape index (κ1) is 21.1. The van der Waals surface area contributed by atoms with Crippen LogP contribution in [0.3, 0.4) is 0 Å². The van der Waals surface area contributed by atoms with Gasteiger partial charge in [0.05, 0.1) is 9.52 Å². The van der Waals surface area contributed by atoms with Crippen LogP contribution in [-0.2, 0) is 13.6 Å². The summed E-state index contributed by atoms with van der Waals surface area (Å²) in [6.45, 7) is 20.2. The van der Waals surface area contributed by atoms with E-state index >= 15 is 0 Å². The van der Waals surface area contributed by atoms with Crippen molar-refractivity contribution in [3.05, 3.63) is 12.2 Å². The van der Waals surface area contributed by atoms with Crippen LogP contribution in [0.5, 0.6) is 0 Å². The van der Waals surface area contributed by atoms with E-state index in [1.165, 1.54) is 6.92 Å². The van der Waals surface area contributed by atoms with E-state index in [1.54, 1.807) is 0 Å². The van der Waals surface area contributed by atoms with Gasteiger partial charge >= 0.3 is 5.97 Å². The molecule has 7 heteroatoms. The van der Waals surface area contributed by atoms with Crippen LogP contribution in [0.1, 0.15) is 6.92 Å². The quantitative estimate of drug-likeness (QED) is 0.464. The van der Waals surface area contributed by atoms with Crippen molar-refractivity contribution >= 4 is 32.1 Å². The van der Waals surface area contributed by atoms with Crippen molar-refractivity contribution in [1.82, 2.24) is 0 Å². The molecule has 0 aliphatic carbocycles. The second kappa shape index (κ2) is 8.85. The van der Waals surface area contributed by atoms with Gasteiger partial charge < -0.3 is 14.0 Å². The van der Waals surface area contributed by atoms with Crippen molar-refractivity contribution in [1.29, 1.82) is 0 Å². The Balaban J connectivity index is 0. The molecule has 1 N–H and O–H groups in total. The summed E-state index contributed by atoms with van der Waals surface area (Å²) in [4.78, 5) is 9.60. The number of rotatable bonds is 6. The maximum atomic E-state index is 9.60. The van der Waals surface area contributed by atoms with E-state index in [0.717, 1.165) is 0 Å². The Bertz CT molecular complexity index is 264. The first-order valence-corrected chi connectivity index (χ1v) is 15.6. The van der Waals surface area contributed by atoms with E-state index in [1.807, 2.05) is 0 Å². The maximum absolute atomic E-state index is 9.60. The van der Waals surface area contributed by atoms with Crippen LogP contribution in [0.4, 0.5) is 0 Å². The molecule has 0 fully saturated rings. The highest BCUT2D eigenvalue weighted by molar-refractivity contribution is 6.71. The van der Waals surface area contributed by atoms with Crippen molar-refractivity contribution in [2.24, 2.45) is 0 Å². The van der Waals surface area contributed by atoms with E-state index in [-0.39, 0.29) is 21.0 Å². The predicted octanol–water partition coefficient (Wildman–Crippen LogP) is 2.84. The third kappa shape index (κ3) is 17.8. The summed E-state index contributed by atoms with van der Waals surface area (Å²) < 4.78 is 12.0. The zero-order chi connectivity index (χ0) is 15.9. The number of hydrogen-bond donors (Lipinski definition) is 1. The van der Waals surface area contributed by atoms with E-state index in [4.69, 9.17) is 14.0 Å². The molecule has 0 aromatic rings. The molecule has 0 bridgehead atoms. The minimum absolute atomic E-state index is 0.165. The molecule has 0 unspecified atom stereocenters. The van der Waals surface area contributed by atoms with E-state index in [0.29, 0.717) is 0 Å². The minimum Gasteiger partial charge on any atom is -0.478 e. The Morgan fingerprint density at radius 2 is 1.37 bits per heavy atom. The molecule has 0 radical (unpaired) electrons. The van der Waals surface area contributed by atoms with Crippen molar-refractivity contribution < 1.29 is 18.8 Å². The van der Waals surface area contributed by atoms with Crippen molar-refractivity contribution in [3.8, 4) is 0 Å². The van der Waals surface area contributed by atoms with Gasteiger partial charge in [0.1, 0.15) is 5.91 Å². The highest BCUT2D eigenvalue weighted by atomic mass is 28.4. The molecule has 0 aliphatic heterocycles. The molecule has 0 saturated carbocycles. The van der Waals surface area contributed by atoms with E-state index in [9.17, 15) is 4.79 Å². The van der Waals surface area contributed by atoms with E-state index < -0.39 is 22.6 Å². The summed E-state index contributed by atoms with van der Waals surface area (Å²) in [6, 6.07) is 0. The van der Waals surface area contributed by atoms with Crippen molar-refractivity contribution in [3.63, 3.8) is 0 Å². The van der Waals surface area contributed by atoms with Crippen LogP contribution in [0.2, 0.25) is 45.8 Å². The Morgan fingerprint density at radius 1 is 1.11 bits per heavy atom. The summed E-state index contributed by atoms with van der Waals surface area (Å²) in [5.74, 6) is -0.770. The Morgan fingerprint density at radius 3 is 1.47 bits per heavy atom. The van der Waals surface area contributed by atoms with Crippen molar-refractivity contribution in [2.45, 2.75) is 58.7 Å². The van der Waals surface area contributed by atoms with Gasteiger partial charge in [0.25, 0.3) is 0 Å². The second-order valence-corrected chi connectivity index (χ2v) is 16.8. The van der Waals surface area contributed by atoms with Crippen molar-refractivity contribution in [2.75, 3.05) is 0 Å². The zero-order valence-electron chi connectivity index (χ0n) is 13.7. The highest BCUT2D eigenvalue weighted by Gasteiger charge is 2.25. The Labute approximate surface area is 122 Å². The van der Waals surface area contributed by atoms with Gasteiger partial charge in [-0.05, 0) is 46.2 Å². The molecular formula is C12H30O4Si3. The Hall–Kier alpha value is -0.219. The second-order valence-electron chi connectivity index (χ2n) is 6.38. The summed E-state index contributed by atoms with van der Waals surface area (Å²) in [5.41, 5.74) is 0.176. The van der Waals surface area contributed by atoms with Crippen LogP contribution in [-0.4, -0.2) is 43.1 Å². The Kier molecular flexibility index (Phi) is 9.83. The molecule has 114 valence electrons. The number of carbonyl (C=O) groups is 1. The average molecular weight is 323 g/mol. The maximum Gasteiger partial charge on any atom is 0.330 e. The molecular weight excluding hydrogens is 292 g/mol. The molecule has 19 heavy (non-hydrogen) atoms. The van der Waals surface area contributed by atoms with Crippen LogP contribution >= 0.6 is 0 Å². The SMILES string of the molecule is C=C(C)C(=O)O.C[SiH2]C(O[Si](C)(C)C)O[Si](C)(C)C. The molecule has 0 aromatic heterocycles. The molecule has 0 spiro atoms. The zero-order valence-corrected chi connectivity index (χ0v) is 17.1. The first-order chi connectivity index (χ1) is 8.28. The van der Waals surface area contributed by atoms with Gasteiger partial charge in [-0.3, -0.25) is 0 Å². The van der Waals surface area contributed by atoms with Crippen LogP contribution in [0, 0.1) is 0 Å². The topological polar surface area (TPSA) is 55.8 Å². The average Bonchev–Trinajstić information content (AvgIpc) is 2.12. The number of carboxylic acids is 1. The molecule has 0 amide bonds. The normalized spacial score (nSPS) is 12.5.